The van der Waals surface area contributed by atoms with Crippen molar-refractivity contribution in [3.8, 4) is 0 Å². The van der Waals surface area contributed by atoms with E-state index in [-0.39, 0.29) is 5.78 Å². The van der Waals surface area contributed by atoms with Gasteiger partial charge >= 0.3 is 0 Å². The summed E-state index contributed by atoms with van der Waals surface area (Å²) in [6, 6.07) is 5.84. The third-order valence-corrected chi connectivity index (χ3v) is 4.27. The Kier molecular flexibility index (Phi) is 4.37. The summed E-state index contributed by atoms with van der Waals surface area (Å²) in [4.78, 5) is 14.1. The van der Waals surface area contributed by atoms with Gasteiger partial charge in [0.05, 0.1) is 16.0 Å². The Labute approximate surface area is 119 Å². The monoisotopic (exact) mass is 326 g/mol. The highest BCUT2D eigenvalue weighted by Gasteiger charge is 2.12. The normalized spacial score (nSPS) is 11.1. The van der Waals surface area contributed by atoms with E-state index in [4.69, 9.17) is 0 Å². The molecule has 2 heterocycles. The molecule has 0 aliphatic heterocycles. The van der Waals surface area contributed by atoms with Gasteiger partial charge in [-0.2, -0.15) is 0 Å². The standard InChI is InChI=1S/C13H15BrN2OS/c1-15(7-10-6-13(14)18-9-10)8-12(17)11-4-3-5-16(11)2/h3-6,9H,7-8H2,1-2H3. The number of rotatable bonds is 5. The molecule has 0 fully saturated rings. The number of Topliss-reactive ketones (excluding diaryl/α,β-unsaturated/α-hetero) is 1. The van der Waals surface area contributed by atoms with Crippen molar-refractivity contribution in [1.82, 2.24) is 9.47 Å². The Morgan fingerprint density at radius 1 is 1.56 bits per heavy atom. The number of aryl methyl sites for hydroxylation is 1. The van der Waals surface area contributed by atoms with Crippen molar-refractivity contribution in [1.29, 1.82) is 0 Å². The maximum absolute atomic E-state index is 12.1. The first-order chi connectivity index (χ1) is 8.56. The van der Waals surface area contributed by atoms with Gasteiger partial charge in [-0.1, -0.05) is 0 Å². The molecule has 0 atom stereocenters. The molecule has 2 aromatic heterocycles. The minimum atomic E-state index is 0.152. The van der Waals surface area contributed by atoms with Crippen molar-refractivity contribution >= 4 is 33.0 Å². The van der Waals surface area contributed by atoms with Gasteiger partial charge in [0.25, 0.3) is 0 Å². The molecule has 2 aromatic rings. The molecule has 0 N–H and O–H groups in total. The first-order valence-electron chi connectivity index (χ1n) is 5.62. The van der Waals surface area contributed by atoms with Crippen LogP contribution in [0.25, 0.3) is 0 Å². The van der Waals surface area contributed by atoms with Gasteiger partial charge in [-0.05, 0) is 52.1 Å². The highest BCUT2D eigenvalue weighted by atomic mass is 79.9. The molecule has 0 bridgehead atoms. The molecular weight excluding hydrogens is 312 g/mol. The summed E-state index contributed by atoms with van der Waals surface area (Å²) in [5.41, 5.74) is 1.99. The molecule has 0 aliphatic carbocycles. The van der Waals surface area contributed by atoms with Gasteiger partial charge in [0.2, 0.25) is 0 Å². The number of carbonyl (C=O) groups is 1. The largest absolute Gasteiger partial charge is 0.348 e. The molecule has 0 spiro atoms. The van der Waals surface area contributed by atoms with Crippen LogP contribution < -0.4 is 0 Å². The Hall–Kier alpha value is -0.910. The zero-order valence-corrected chi connectivity index (χ0v) is 12.8. The molecule has 0 radical (unpaired) electrons. The van der Waals surface area contributed by atoms with E-state index in [0.717, 1.165) is 16.0 Å². The van der Waals surface area contributed by atoms with Crippen LogP contribution in [-0.2, 0) is 13.6 Å². The van der Waals surface area contributed by atoms with Crippen molar-refractivity contribution in [3.05, 3.63) is 44.8 Å². The summed E-state index contributed by atoms with van der Waals surface area (Å²) in [7, 11) is 3.86. The first kappa shape index (κ1) is 13.5. The molecule has 18 heavy (non-hydrogen) atoms. The second-order valence-corrected chi connectivity index (χ2v) is 6.65. The molecular formula is C13H15BrN2OS. The molecule has 3 nitrogen and oxygen atoms in total. The second kappa shape index (κ2) is 5.82. The molecule has 0 saturated heterocycles. The lowest BCUT2D eigenvalue weighted by Crippen LogP contribution is -2.26. The molecule has 0 saturated carbocycles. The van der Waals surface area contributed by atoms with E-state index >= 15 is 0 Å². The Balaban J connectivity index is 1.93. The van der Waals surface area contributed by atoms with Crippen LogP contribution in [0.4, 0.5) is 0 Å². The van der Waals surface area contributed by atoms with E-state index in [1.54, 1.807) is 11.3 Å². The zero-order chi connectivity index (χ0) is 13.1. The lowest BCUT2D eigenvalue weighted by molar-refractivity contribution is 0.0935. The van der Waals surface area contributed by atoms with E-state index in [1.807, 2.05) is 41.9 Å². The van der Waals surface area contributed by atoms with Crippen LogP contribution in [0.3, 0.4) is 0 Å². The fourth-order valence-corrected chi connectivity index (χ4v) is 3.07. The van der Waals surface area contributed by atoms with Crippen LogP contribution in [0, 0.1) is 0 Å². The van der Waals surface area contributed by atoms with Gasteiger partial charge in [-0.25, -0.2) is 0 Å². The highest BCUT2D eigenvalue weighted by molar-refractivity contribution is 9.11. The molecule has 2 rings (SSSR count). The second-order valence-electron chi connectivity index (χ2n) is 4.36. The molecule has 0 aromatic carbocycles. The molecule has 0 unspecified atom stereocenters. The highest BCUT2D eigenvalue weighted by Crippen LogP contribution is 2.21. The van der Waals surface area contributed by atoms with Gasteiger partial charge in [-0.3, -0.25) is 9.69 Å². The summed E-state index contributed by atoms with van der Waals surface area (Å²) in [6.07, 6.45) is 1.89. The van der Waals surface area contributed by atoms with Crippen molar-refractivity contribution < 1.29 is 4.79 Å². The van der Waals surface area contributed by atoms with Gasteiger partial charge in [-0.15, -0.1) is 11.3 Å². The number of aromatic nitrogens is 1. The van der Waals surface area contributed by atoms with E-state index in [0.29, 0.717) is 6.54 Å². The van der Waals surface area contributed by atoms with Gasteiger partial charge in [0, 0.05) is 19.8 Å². The number of thiophene rings is 1. The van der Waals surface area contributed by atoms with Crippen LogP contribution >= 0.6 is 27.3 Å². The van der Waals surface area contributed by atoms with Crippen LogP contribution in [-0.4, -0.2) is 28.8 Å². The Morgan fingerprint density at radius 2 is 2.33 bits per heavy atom. The van der Waals surface area contributed by atoms with Crippen LogP contribution in [0.15, 0.2) is 33.6 Å². The topological polar surface area (TPSA) is 25.2 Å². The van der Waals surface area contributed by atoms with E-state index in [9.17, 15) is 4.79 Å². The summed E-state index contributed by atoms with van der Waals surface area (Å²) in [5.74, 6) is 0.152. The van der Waals surface area contributed by atoms with Crippen molar-refractivity contribution in [2.75, 3.05) is 13.6 Å². The van der Waals surface area contributed by atoms with Gasteiger partial charge in [0.1, 0.15) is 0 Å². The minimum absolute atomic E-state index is 0.152. The summed E-state index contributed by atoms with van der Waals surface area (Å²) in [6.45, 7) is 1.23. The number of hydrogen-bond donors (Lipinski definition) is 0. The summed E-state index contributed by atoms with van der Waals surface area (Å²) >= 11 is 5.11. The number of hydrogen-bond acceptors (Lipinski definition) is 3. The maximum atomic E-state index is 12.1. The lowest BCUT2D eigenvalue weighted by Gasteiger charge is -2.15. The lowest BCUT2D eigenvalue weighted by atomic mass is 10.2. The van der Waals surface area contributed by atoms with E-state index in [1.165, 1.54) is 5.56 Å². The Morgan fingerprint density at radius 3 is 2.89 bits per heavy atom. The number of nitrogens with zero attached hydrogens (tertiary/aromatic N) is 2. The quantitative estimate of drug-likeness (QED) is 0.788. The number of halogens is 1. The molecule has 0 aliphatic rings. The number of ketones is 1. The van der Waals surface area contributed by atoms with E-state index in [2.05, 4.69) is 27.4 Å². The van der Waals surface area contributed by atoms with Gasteiger partial charge in [0.15, 0.2) is 5.78 Å². The van der Waals surface area contributed by atoms with E-state index < -0.39 is 0 Å². The predicted octanol–water partition coefficient (Wildman–Crippen LogP) is 3.16. The third-order valence-electron chi connectivity index (χ3n) is 2.72. The number of likely N-dealkylation sites (N-methyl/N-ethyl adjacent to an activating group) is 1. The fourth-order valence-electron chi connectivity index (χ4n) is 1.87. The van der Waals surface area contributed by atoms with Crippen molar-refractivity contribution in [3.63, 3.8) is 0 Å². The summed E-state index contributed by atoms with van der Waals surface area (Å²) < 4.78 is 2.98. The van der Waals surface area contributed by atoms with Crippen LogP contribution in [0.1, 0.15) is 16.1 Å². The first-order valence-corrected chi connectivity index (χ1v) is 7.29. The average Bonchev–Trinajstić information content (AvgIpc) is 2.87. The van der Waals surface area contributed by atoms with Crippen molar-refractivity contribution in [2.45, 2.75) is 6.54 Å². The minimum Gasteiger partial charge on any atom is -0.348 e. The smallest absolute Gasteiger partial charge is 0.193 e. The van der Waals surface area contributed by atoms with Crippen molar-refractivity contribution in [2.24, 2.45) is 7.05 Å². The number of carbonyl (C=O) groups excluding carboxylic acids is 1. The van der Waals surface area contributed by atoms with Gasteiger partial charge < -0.3 is 4.57 Å². The molecule has 0 amide bonds. The predicted molar refractivity (Wildman–Crippen MR) is 78.1 cm³/mol. The maximum Gasteiger partial charge on any atom is 0.193 e. The Bertz CT molecular complexity index is 547. The SMILES string of the molecule is CN(CC(=O)c1cccn1C)Cc1csc(Br)c1. The molecule has 96 valence electrons. The third kappa shape index (κ3) is 3.31. The van der Waals surface area contributed by atoms with Crippen LogP contribution in [0.5, 0.6) is 0 Å². The fraction of sp³-hybridized carbons (Fsp3) is 0.308. The molecule has 5 heteroatoms. The average molecular weight is 327 g/mol. The summed E-state index contributed by atoms with van der Waals surface area (Å²) in [5, 5.41) is 2.10. The zero-order valence-electron chi connectivity index (χ0n) is 10.4. The van der Waals surface area contributed by atoms with Crippen LogP contribution in [0.2, 0.25) is 0 Å².